The van der Waals surface area contributed by atoms with Gasteiger partial charge in [-0.2, -0.15) is 0 Å². The lowest BCUT2D eigenvalue weighted by Crippen LogP contribution is -2.30. The van der Waals surface area contributed by atoms with Crippen molar-refractivity contribution < 1.29 is 9.53 Å². The van der Waals surface area contributed by atoms with Gasteiger partial charge in [0.05, 0.1) is 13.7 Å². The Bertz CT molecular complexity index is 338. The first-order valence-corrected chi connectivity index (χ1v) is 4.04. The summed E-state index contributed by atoms with van der Waals surface area (Å²) in [6.45, 7) is 2.20. The van der Waals surface area contributed by atoms with E-state index >= 15 is 0 Å². The van der Waals surface area contributed by atoms with Crippen LogP contribution in [0.3, 0.4) is 0 Å². The van der Waals surface area contributed by atoms with Crippen LogP contribution < -0.4 is 5.32 Å². The zero-order valence-corrected chi connectivity index (χ0v) is 8.50. The summed E-state index contributed by atoms with van der Waals surface area (Å²) in [6, 6.07) is 0. The molecule has 2 heterocycles. The van der Waals surface area contributed by atoms with E-state index in [0.29, 0.717) is 18.9 Å². The molecule has 2 rings (SSSR count). The zero-order chi connectivity index (χ0) is 9.26. The van der Waals surface area contributed by atoms with Crippen LogP contribution in [0.1, 0.15) is 16.4 Å². The molecule has 1 aromatic heterocycles. The number of fused-ring (bicyclic) bond motifs is 1. The van der Waals surface area contributed by atoms with Crippen LogP contribution in [0, 0.1) is 0 Å². The van der Waals surface area contributed by atoms with Gasteiger partial charge in [-0.25, -0.2) is 4.79 Å². The van der Waals surface area contributed by atoms with Gasteiger partial charge in [0.1, 0.15) is 5.82 Å². The van der Waals surface area contributed by atoms with Gasteiger partial charge in [-0.15, -0.1) is 22.6 Å². The Morgan fingerprint density at radius 2 is 2.36 bits per heavy atom. The standard InChI is InChI=1S/C7H10N4O2.ClH/c1-13-7(12)6-10-9-5-4-8-2-3-11(5)6;/h8H,2-4H2,1H3;1H. The van der Waals surface area contributed by atoms with Crippen LogP contribution >= 0.6 is 12.4 Å². The first kappa shape index (κ1) is 10.9. The number of carbonyl (C=O) groups is 1. The van der Waals surface area contributed by atoms with Gasteiger partial charge < -0.3 is 14.6 Å². The van der Waals surface area contributed by atoms with Crippen molar-refractivity contribution in [1.29, 1.82) is 0 Å². The summed E-state index contributed by atoms with van der Waals surface area (Å²) in [4.78, 5) is 11.2. The summed E-state index contributed by atoms with van der Waals surface area (Å²) in [5.41, 5.74) is 0. The molecule has 78 valence electrons. The fourth-order valence-corrected chi connectivity index (χ4v) is 1.33. The van der Waals surface area contributed by atoms with Gasteiger partial charge >= 0.3 is 5.97 Å². The maximum atomic E-state index is 11.2. The Kier molecular flexibility index (Phi) is 3.43. The van der Waals surface area contributed by atoms with Gasteiger partial charge in [0.2, 0.25) is 5.82 Å². The number of aromatic nitrogens is 3. The first-order chi connectivity index (χ1) is 6.33. The summed E-state index contributed by atoms with van der Waals surface area (Å²) in [5.74, 6) is 0.645. The molecule has 6 nitrogen and oxygen atoms in total. The lowest BCUT2D eigenvalue weighted by atomic mass is 10.4. The van der Waals surface area contributed by atoms with Crippen LogP contribution in [-0.2, 0) is 17.8 Å². The van der Waals surface area contributed by atoms with Crippen LogP contribution in [0.2, 0.25) is 0 Å². The smallest absolute Gasteiger partial charge is 0.376 e. The summed E-state index contributed by atoms with van der Waals surface area (Å²) in [7, 11) is 1.34. The molecule has 0 saturated carbocycles. The summed E-state index contributed by atoms with van der Waals surface area (Å²) in [5, 5.41) is 10.8. The Hall–Kier alpha value is -1.14. The van der Waals surface area contributed by atoms with E-state index in [1.165, 1.54) is 7.11 Å². The maximum Gasteiger partial charge on any atom is 0.376 e. The summed E-state index contributed by atoms with van der Waals surface area (Å²) >= 11 is 0. The van der Waals surface area contributed by atoms with Crippen LogP contribution in [0.25, 0.3) is 0 Å². The predicted octanol–water partition coefficient (Wildman–Crippen LogP) is -0.410. The normalized spacial score (nSPS) is 14.1. The Balaban J connectivity index is 0.000000980. The molecule has 0 aromatic carbocycles. The third-order valence-electron chi connectivity index (χ3n) is 1.99. The second kappa shape index (κ2) is 4.39. The van der Waals surface area contributed by atoms with Crippen LogP contribution in [-0.4, -0.2) is 34.4 Å². The molecule has 0 aliphatic carbocycles. The Morgan fingerprint density at radius 1 is 1.57 bits per heavy atom. The van der Waals surface area contributed by atoms with Crippen molar-refractivity contribution in [2.24, 2.45) is 0 Å². The van der Waals surface area contributed by atoms with E-state index in [-0.39, 0.29) is 12.4 Å². The molecule has 1 N–H and O–H groups in total. The number of hydrogen-bond donors (Lipinski definition) is 1. The lowest BCUT2D eigenvalue weighted by molar-refractivity contribution is 0.0579. The SMILES string of the molecule is COC(=O)c1nnc2n1CCNC2.Cl. The van der Waals surface area contributed by atoms with Crippen LogP contribution in [0.4, 0.5) is 0 Å². The average molecular weight is 219 g/mol. The van der Waals surface area contributed by atoms with Crippen molar-refractivity contribution in [2.75, 3.05) is 13.7 Å². The zero-order valence-electron chi connectivity index (χ0n) is 7.69. The molecular formula is C7H11ClN4O2. The molecule has 0 saturated heterocycles. The number of rotatable bonds is 1. The van der Waals surface area contributed by atoms with Crippen molar-refractivity contribution in [3.63, 3.8) is 0 Å². The number of nitrogens with one attached hydrogen (secondary N) is 1. The Labute approximate surface area is 87.1 Å². The van der Waals surface area contributed by atoms with E-state index in [0.717, 1.165) is 12.4 Å². The molecule has 1 aromatic rings. The second-order valence-electron chi connectivity index (χ2n) is 2.76. The highest BCUT2D eigenvalue weighted by molar-refractivity contribution is 5.85. The fraction of sp³-hybridized carbons (Fsp3) is 0.571. The fourth-order valence-electron chi connectivity index (χ4n) is 1.33. The topological polar surface area (TPSA) is 69.0 Å². The van der Waals surface area contributed by atoms with Gasteiger partial charge in [0.25, 0.3) is 0 Å². The molecule has 7 heteroatoms. The number of ether oxygens (including phenoxy) is 1. The monoisotopic (exact) mass is 218 g/mol. The molecule has 1 aliphatic heterocycles. The van der Waals surface area contributed by atoms with Gasteiger partial charge in [0, 0.05) is 13.1 Å². The van der Waals surface area contributed by atoms with Gasteiger partial charge in [-0.3, -0.25) is 0 Å². The summed E-state index contributed by atoms with van der Waals surface area (Å²) < 4.78 is 6.36. The van der Waals surface area contributed by atoms with E-state index in [1.54, 1.807) is 4.57 Å². The third kappa shape index (κ3) is 1.71. The van der Waals surface area contributed by atoms with E-state index in [1.807, 2.05) is 0 Å². The van der Waals surface area contributed by atoms with Gasteiger partial charge in [-0.05, 0) is 0 Å². The number of esters is 1. The van der Waals surface area contributed by atoms with Crippen molar-refractivity contribution >= 4 is 18.4 Å². The first-order valence-electron chi connectivity index (χ1n) is 4.04. The maximum absolute atomic E-state index is 11.2. The minimum Gasteiger partial charge on any atom is -0.463 e. The molecule has 0 unspecified atom stereocenters. The Morgan fingerprint density at radius 3 is 3.07 bits per heavy atom. The van der Waals surface area contributed by atoms with Crippen LogP contribution in [0.15, 0.2) is 0 Å². The molecule has 0 bridgehead atoms. The number of nitrogens with zero attached hydrogens (tertiary/aromatic N) is 3. The van der Waals surface area contributed by atoms with Crippen LogP contribution in [0.5, 0.6) is 0 Å². The second-order valence-corrected chi connectivity index (χ2v) is 2.76. The number of hydrogen-bond acceptors (Lipinski definition) is 5. The highest BCUT2D eigenvalue weighted by atomic mass is 35.5. The molecule has 0 fully saturated rings. The largest absolute Gasteiger partial charge is 0.463 e. The number of halogens is 1. The van der Waals surface area contributed by atoms with Crippen molar-refractivity contribution in [3.05, 3.63) is 11.6 Å². The highest BCUT2D eigenvalue weighted by Gasteiger charge is 2.20. The molecule has 1 aliphatic rings. The minimum atomic E-state index is -0.430. The van der Waals surface area contributed by atoms with Crippen molar-refractivity contribution in [1.82, 2.24) is 20.1 Å². The molecule has 14 heavy (non-hydrogen) atoms. The third-order valence-corrected chi connectivity index (χ3v) is 1.99. The number of carbonyl (C=O) groups excluding carboxylic acids is 1. The van der Waals surface area contributed by atoms with E-state index in [9.17, 15) is 4.79 Å². The predicted molar refractivity (Wildman–Crippen MR) is 50.3 cm³/mol. The van der Waals surface area contributed by atoms with E-state index < -0.39 is 5.97 Å². The average Bonchev–Trinajstić information content (AvgIpc) is 2.60. The minimum absolute atomic E-state index is 0. The van der Waals surface area contributed by atoms with Crippen molar-refractivity contribution in [3.8, 4) is 0 Å². The van der Waals surface area contributed by atoms with E-state index in [2.05, 4.69) is 20.3 Å². The van der Waals surface area contributed by atoms with Gasteiger partial charge in [-0.1, -0.05) is 0 Å². The molecule has 0 radical (unpaired) electrons. The van der Waals surface area contributed by atoms with Gasteiger partial charge in [0.15, 0.2) is 0 Å². The quantitative estimate of drug-likeness (QED) is 0.649. The molecule has 0 atom stereocenters. The molecule has 0 amide bonds. The molecular weight excluding hydrogens is 208 g/mol. The summed E-state index contributed by atoms with van der Waals surface area (Å²) in [6.07, 6.45) is 0. The molecule has 0 spiro atoms. The lowest BCUT2D eigenvalue weighted by Gasteiger charge is -2.14. The number of methoxy groups -OCH3 is 1. The van der Waals surface area contributed by atoms with Crippen molar-refractivity contribution in [2.45, 2.75) is 13.1 Å². The highest BCUT2D eigenvalue weighted by Crippen LogP contribution is 2.06. The van der Waals surface area contributed by atoms with E-state index in [4.69, 9.17) is 0 Å².